The zero-order valence-electron chi connectivity index (χ0n) is 15.0. The third-order valence-electron chi connectivity index (χ3n) is 4.41. The van der Waals surface area contributed by atoms with Gasteiger partial charge >= 0.3 is 0 Å². The average Bonchev–Trinajstić information content (AvgIpc) is 3.12. The van der Waals surface area contributed by atoms with Crippen molar-refractivity contribution >= 4 is 30.1 Å². The van der Waals surface area contributed by atoms with Gasteiger partial charge in [-0.3, -0.25) is 4.79 Å². The SMILES string of the molecule is CNCC1CCCN(C(=O)CSCc2coc(-c3ccccc3)n2)C1.Cl. The Kier molecular flexibility index (Phi) is 8.48. The number of nitrogens with one attached hydrogen (secondary N) is 1. The highest BCUT2D eigenvalue weighted by Gasteiger charge is 2.23. The van der Waals surface area contributed by atoms with Crippen molar-refractivity contribution in [3.63, 3.8) is 0 Å². The van der Waals surface area contributed by atoms with Crippen LogP contribution in [0.15, 0.2) is 41.0 Å². The molecule has 5 nitrogen and oxygen atoms in total. The molecule has 1 N–H and O–H groups in total. The van der Waals surface area contributed by atoms with Crippen molar-refractivity contribution in [2.75, 3.05) is 32.4 Å². The van der Waals surface area contributed by atoms with E-state index >= 15 is 0 Å². The molecule has 26 heavy (non-hydrogen) atoms. The van der Waals surface area contributed by atoms with Crippen LogP contribution in [-0.4, -0.2) is 48.2 Å². The van der Waals surface area contributed by atoms with Crippen LogP contribution in [0.2, 0.25) is 0 Å². The largest absolute Gasteiger partial charge is 0.444 e. The van der Waals surface area contributed by atoms with Crippen molar-refractivity contribution in [1.82, 2.24) is 15.2 Å². The number of carbonyl (C=O) groups excluding carboxylic acids is 1. The number of amides is 1. The van der Waals surface area contributed by atoms with Gasteiger partial charge in [0.15, 0.2) is 0 Å². The molecule has 7 heteroatoms. The van der Waals surface area contributed by atoms with Gasteiger partial charge in [0.05, 0.1) is 11.4 Å². The number of piperidine rings is 1. The van der Waals surface area contributed by atoms with Gasteiger partial charge in [-0.05, 0) is 44.5 Å². The molecule has 2 aromatic rings. The van der Waals surface area contributed by atoms with Crippen molar-refractivity contribution in [2.45, 2.75) is 18.6 Å². The second-order valence-electron chi connectivity index (χ2n) is 6.41. The summed E-state index contributed by atoms with van der Waals surface area (Å²) in [5.74, 6) is 2.64. The number of nitrogens with zero attached hydrogens (tertiary/aromatic N) is 2. The van der Waals surface area contributed by atoms with Gasteiger partial charge in [0.2, 0.25) is 11.8 Å². The summed E-state index contributed by atoms with van der Waals surface area (Å²) in [6, 6.07) is 9.85. The molecule has 0 bridgehead atoms. The number of hydrogen-bond donors (Lipinski definition) is 1. The molecule has 1 amide bonds. The number of likely N-dealkylation sites (tertiary alicyclic amines) is 1. The summed E-state index contributed by atoms with van der Waals surface area (Å²) in [4.78, 5) is 18.9. The topological polar surface area (TPSA) is 58.4 Å². The summed E-state index contributed by atoms with van der Waals surface area (Å²) in [6.45, 7) is 2.75. The third kappa shape index (κ3) is 5.76. The molecule has 1 aliphatic heterocycles. The Hall–Kier alpha value is -1.50. The Morgan fingerprint density at radius 1 is 1.38 bits per heavy atom. The van der Waals surface area contributed by atoms with Crippen LogP contribution in [0.3, 0.4) is 0 Å². The van der Waals surface area contributed by atoms with Crippen LogP contribution in [0.5, 0.6) is 0 Å². The molecule has 2 heterocycles. The lowest BCUT2D eigenvalue weighted by molar-refractivity contribution is -0.130. The molecule has 0 saturated carbocycles. The number of thioether (sulfide) groups is 1. The lowest BCUT2D eigenvalue weighted by Crippen LogP contribution is -2.43. The van der Waals surface area contributed by atoms with Crippen LogP contribution in [0.1, 0.15) is 18.5 Å². The first-order valence-corrected chi connectivity index (χ1v) is 9.91. The molecule has 0 radical (unpaired) electrons. The van der Waals surface area contributed by atoms with E-state index in [4.69, 9.17) is 4.42 Å². The van der Waals surface area contributed by atoms with E-state index in [2.05, 4.69) is 10.3 Å². The van der Waals surface area contributed by atoms with E-state index in [1.54, 1.807) is 18.0 Å². The first-order valence-electron chi connectivity index (χ1n) is 8.76. The summed E-state index contributed by atoms with van der Waals surface area (Å²) in [5.41, 5.74) is 1.85. The zero-order chi connectivity index (χ0) is 17.5. The predicted molar refractivity (Wildman–Crippen MR) is 109 cm³/mol. The molecule has 1 atom stereocenters. The maximum atomic E-state index is 12.4. The summed E-state index contributed by atoms with van der Waals surface area (Å²) in [7, 11) is 1.97. The van der Waals surface area contributed by atoms with Gasteiger partial charge in [-0.2, -0.15) is 0 Å². The van der Waals surface area contributed by atoms with Crippen molar-refractivity contribution in [3.8, 4) is 11.5 Å². The van der Waals surface area contributed by atoms with E-state index < -0.39 is 0 Å². The standard InChI is InChI=1S/C19H25N3O2S.ClH/c1-20-10-15-6-5-9-22(11-15)18(23)14-25-13-17-12-24-19(21-17)16-7-3-2-4-8-16;/h2-4,7-8,12,15,20H,5-6,9-11,13-14H2,1H3;1H. The predicted octanol–water partition coefficient (Wildman–Crippen LogP) is 3.45. The van der Waals surface area contributed by atoms with Crippen LogP contribution >= 0.6 is 24.2 Å². The molecule has 0 aliphatic carbocycles. The Morgan fingerprint density at radius 3 is 2.96 bits per heavy atom. The van der Waals surface area contributed by atoms with E-state index in [1.807, 2.05) is 42.3 Å². The Morgan fingerprint density at radius 2 is 2.19 bits per heavy atom. The van der Waals surface area contributed by atoms with Crippen molar-refractivity contribution in [1.29, 1.82) is 0 Å². The molecule has 1 aliphatic rings. The number of aromatic nitrogens is 1. The highest BCUT2D eigenvalue weighted by Crippen LogP contribution is 2.21. The maximum Gasteiger partial charge on any atom is 0.232 e. The monoisotopic (exact) mass is 395 g/mol. The van der Waals surface area contributed by atoms with Crippen LogP contribution in [-0.2, 0) is 10.5 Å². The molecular formula is C19H26ClN3O2S. The summed E-state index contributed by atoms with van der Waals surface area (Å²) in [5, 5.41) is 3.22. The molecule has 1 aromatic heterocycles. The van der Waals surface area contributed by atoms with Gasteiger partial charge in [-0.1, -0.05) is 18.2 Å². The quantitative estimate of drug-likeness (QED) is 0.778. The van der Waals surface area contributed by atoms with Gasteiger partial charge < -0.3 is 14.6 Å². The maximum absolute atomic E-state index is 12.4. The van der Waals surface area contributed by atoms with Gasteiger partial charge in [0.25, 0.3) is 0 Å². The molecule has 0 spiro atoms. The van der Waals surface area contributed by atoms with E-state index in [1.165, 1.54) is 6.42 Å². The summed E-state index contributed by atoms with van der Waals surface area (Å²) < 4.78 is 5.54. The number of oxazole rings is 1. The van der Waals surface area contributed by atoms with E-state index in [-0.39, 0.29) is 18.3 Å². The Labute approximate surface area is 165 Å². The second kappa shape index (κ2) is 10.6. The van der Waals surface area contributed by atoms with Crippen molar-refractivity contribution in [2.24, 2.45) is 5.92 Å². The lowest BCUT2D eigenvalue weighted by Gasteiger charge is -2.32. The molecule has 142 valence electrons. The molecule has 1 aromatic carbocycles. The fraction of sp³-hybridized carbons (Fsp3) is 0.474. The van der Waals surface area contributed by atoms with Crippen LogP contribution in [0.25, 0.3) is 11.5 Å². The smallest absolute Gasteiger partial charge is 0.232 e. The first-order chi connectivity index (χ1) is 12.3. The zero-order valence-corrected chi connectivity index (χ0v) is 16.7. The normalized spacial score (nSPS) is 17.0. The molecule has 1 fully saturated rings. The van der Waals surface area contributed by atoms with Crippen molar-refractivity contribution in [3.05, 3.63) is 42.3 Å². The molecular weight excluding hydrogens is 370 g/mol. The Balaban J connectivity index is 0.00000243. The van der Waals surface area contributed by atoms with Crippen molar-refractivity contribution < 1.29 is 9.21 Å². The number of halogens is 1. The number of hydrogen-bond acceptors (Lipinski definition) is 5. The van der Waals surface area contributed by atoms with Crippen LogP contribution in [0.4, 0.5) is 0 Å². The van der Waals surface area contributed by atoms with Crippen LogP contribution in [0, 0.1) is 5.92 Å². The van der Waals surface area contributed by atoms with E-state index in [0.29, 0.717) is 23.3 Å². The number of rotatable bonds is 7. The third-order valence-corrected chi connectivity index (χ3v) is 5.36. The highest BCUT2D eigenvalue weighted by atomic mass is 35.5. The van der Waals surface area contributed by atoms with E-state index in [0.717, 1.165) is 37.3 Å². The fourth-order valence-electron chi connectivity index (χ4n) is 3.17. The lowest BCUT2D eigenvalue weighted by atomic mass is 9.98. The fourth-order valence-corrected chi connectivity index (χ4v) is 3.97. The summed E-state index contributed by atoms with van der Waals surface area (Å²) in [6.07, 6.45) is 4.00. The van der Waals surface area contributed by atoms with Crippen LogP contribution < -0.4 is 5.32 Å². The van der Waals surface area contributed by atoms with Gasteiger partial charge in [0.1, 0.15) is 6.26 Å². The van der Waals surface area contributed by atoms with E-state index in [9.17, 15) is 4.79 Å². The summed E-state index contributed by atoms with van der Waals surface area (Å²) >= 11 is 1.60. The second-order valence-corrected chi connectivity index (χ2v) is 7.39. The molecule has 3 rings (SSSR count). The van der Waals surface area contributed by atoms with Gasteiger partial charge in [0, 0.05) is 24.4 Å². The minimum atomic E-state index is 0. The van der Waals surface area contributed by atoms with Gasteiger partial charge in [-0.15, -0.1) is 24.2 Å². The Bertz CT molecular complexity index is 678. The number of carbonyl (C=O) groups is 1. The highest BCUT2D eigenvalue weighted by molar-refractivity contribution is 7.99. The average molecular weight is 396 g/mol. The molecule has 1 unspecified atom stereocenters. The number of benzene rings is 1. The first kappa shape index (κ1) is 20.8. The van der Waals surface area contributed by atoms with Gasteiger partial charge in [-0.25, -0.2) is 4.98 Å². The minimum absolute atomic E-state index is 0. The minimum Gasteiger partial charge on any atom is -0.444 e. The molecule has 1 saturated heterocycles.